The van der Waals surface area contributed by atoms with E-state index in [2.05, 4.69) is 88.8 Å². The average molecular weight is 547 g/mol. The van der Waals surface area contributed by atoms with E-state index in [4.69, 9.17) is 9.98 Å². The number of allylic oxidation sites excluding steroid dienone is 4. The minimum atomic E-state index is 0.794. The highest BCUT2D eigenvalue weighted by atomic mass is 15.2. The first-order valence-electron chi connectivity index (χ1n) is 16.2. The van der Waals surface area contributed by atoms with Crippen LogP contribution in [0.25, 0.3) is 24.3 Å². The zero-order valence-electron chi connectivity index (χ0n) is 26.5. The largest absolute Gasteiger partial charge is 0.322 e. The maximum atomic E-state index is 5.37. The SMILES string of the molecule is CCC1=C(CC)C2=NC1=Cc1c(CC)c(CC)c3n1Cn1c(c(CC)c(CC)c1=CC1=NC(=C3)C(CC)=C1CC)=C2. The summed E-state index contributed by atoms with van der Waals surface area (Å²) in [6, 6.07) is 0. The molecule has 0 fully saturated rings. The van der Waals surface area contributed by atoms with Crippen molar-refractivity contribution in [3.05, 3.63) is 78.0 Å². The summed E-state index contributed by atoms with van der Waals surface area (Å²) in [4.78, 5) is 10.7. The van der Waals surface area contributed by atoms with Gasteiger partial charge in [0, 0.05) is 22.1 Å². The lowest BCUT2D eigenvalue weighted by Gasteiger charge is -2.16. The van der Waals surface area contributed by atoms with Crippen LogP contribution in [0.2, 0.25) is 0 Å². The minimum absolute atomic E-state index is 0.794. The van der Waals surface area contributed by atoms with Crippen LogP contribution >= 0.6 is 0 Å². The molecule has 214 valence electrons. The van der Waals surface area contributed by atoms with Crippen LogP contribution in [-0.4, -0.2) is 20.6 Å². The molecule has 4 nitrogen and oxygen atoms in total. The van der Waals surface area contributed by atoms with Gasteiger partial charge in [-0.2, -0.15) is 0 Å². The average Bonchev–Trinajstić information content (AvgIpc) is 3.67. The van der Waals surface area contributed by atoms with Gasteiger partial charge in [0.05, 0.1) is 29.5 Å². The van der Waals surface area contributed by atoms with Gasteiger partial charge in [-0.15, -0.1) is 0 Å². The second-order valence-corrected chi connectivity index (χ2v) is 11.5. The van der Waals surface area contributed by atoms with Crippen LogP contribution in [0, 0.1) is 0 Å². The Morgan fingerprint density at radius 3 is 1.20 bits per heavy atom. The Kier molecular flexibility index (Phi) is 7.30. The molecule has 0 radical (unpaired) electrons. The summed E-state index contributed by atoms with van der Waals surface area (Å²) >= 11 is 0. The molecule has 0 saturated heterocycles. The van der Waals surface area contributed by atoms with Gasteiger partial charge < -0.3 is 9.13 Å². The van der Waals surface area contributed by atoms with Crippen LogP contribution in [0.1, 0.15) is 115 Å². The van der Waals surface area contributed by atoms with Crippen molar-refractivity contribution in [1.29, 1.82) is 0 Å². The first-order chi connectivity index (χ1) is 20.0. The number of nitrogens with zero attached hydrogens (tertiary/aromatic N) is 4. The van der Waals surface area contributed by atoms with Gasteiger partial charge in [0.25, 0.3) is 0 Å². The summed E-state index contributed by atoms with van der Waals surface area (Å²) in [6.07, 6.45) is 17.7. The Bertz CT molecular complexity index is 1640. The van der Waals surface area contributed by atoms with Gasteiger partial charge in [0.1, 0.15) is 0 Å². The third-order valence-electron chi connectivity index (χ3n) is 9.78. The summed E-state index contributed by atoms with van der Waals surface area (Å²) in [6.45, 7) is 19.2. The quantitative estimate of drug-likeness (QED) is 0.329. The Balaban J connectivity index is 1.88. The van der Waals surface area contributed by atoms with Gasteiger partial charge in [-0.25, -0.2) is 9.98 Å². The van der Waals surface area contributed by atoms with Crippen LogP contribution in [0.15, 0.2) is 43.7 Å². The van der Waals surface area contributed by atoms with Gasteiger partial charge in [-0.1, -0.05) is 55.4 Å². The molecule has 41 heavy (non-hydrogen) atoms. The van der Waals surface area contributed by atoms with Gasteiger partial charge >= 0.3 is 0 Å². The van der Waals surface area contributed by atoms with E-state index in [0.717, 1.165) is 80.9 Å². The molecule has 4 aliphatic rings. The fraction of sp³-hybridized carbons (Fsp3) is 0.459. The maximum Gasteiger partial charge on any atom is 0.1000 e. The highest BCUT2D eigenvalue weighted by molar-refractivity contribution is 6.24. The number of hydrogen-bond acceptors (Lipinski definition) is 2. The lowest BCUT2D eigenvalue weighted by atomic mass is 9.97. The van der Waals surface area contributed by atoms with Crippen molar-refractivity contribution in [3.8, 4) is 0 Å². The maximum absolute atomic E-state index is 5.37. The van der Waals surface area contributed by atoms with Crippen molar-refractivity contribution >= 4 is 35.7 Å². The molecule has 6 bridgehead atoms. The number of aliphatic imine (C=N–C) groups is 2. The lowest BCUT2D eigenvalue weighted by Crippen LogP contribution is -2.33. The summed E-state index contributed by atoms with van der Waals surface area (Å²) in [7, 11) is 0. The van der Waals surface area contributed by atoms with E-state index in [1.807, 2.05) is 0 Å². The molecule has 0 saturated carbocycles. The fourth-order valence-corrected chi connectivity index (χ4v) is 7.94. The normalized spacial score (nSPS) is 17.3. The molecule has 0 aromatic carbocycles. The summed E-state index contributed by atoms with van der Waals surface area (Å²) in [5, 5.41) is 2.64. The van der Waals surface area contributed by atoms with Gasteiger partial charge in [-0.3, -0.25) is 0 Å². The van der Waals surface area contributed by atoms with Crippen LogP contribution in [0.4, 0.5) is 0 Å². The van der Waals surface area contributed by atoms with Crippen molar-refractivity contribution < 1.29 is 0 Å². The molecule has 0 aliphatic carbocycles. The molecule has 0 N–H and O–H groups in total. The molecule has 0 unspecified atom stereocenters. The van der Waals surface area contributed by atoms with Gasteiger partial charge in [0.2, 0.25) is 0 Å². The van der Waals surface area contributed by atoms with E-state index in [1.165, 1.54) is 66.6 Å². The molecule has 0 atom stereocenters. The van der Waals surface area contributed by atoms with Crippen molar-refractivity contribution in [3.63, 3.8) is 0 Å². The van der Waals surface area contributed by atoms with E-state index in [9.17, 15) is 0 Å². The highest BCUT2D eigenvalue weighted by Crippen LogP contribution is 2.38. The van der Waals surface area contributed by atoms with Gasteiger partial charge in [-0.05, 0) is 120 Å². The van der Waals surface area contributed by atoms with Crippen molar-refractivity contribution in [1.82, 2.24) is 9.13 Å². The fourth-order valence-electron chi connectivity index (χ4n) is 7.94. The number of aromatic nitrogens is 2. The smallest absolute Gasteiger partial charge is 0.1000 e. The molecule has 6 rings (SSSR count). The predicted octanol–water partition coefficient (Wildman–Crippen LogP) is 7.46. The van der Waals surface area contributed by atoms with Crippen LogP contribution in [-0.2, 0) is 32.4 Å². The molecule has 2 aromatic heterocycles. The van der Waals surface area contributed by atoms with E-state index in [-0.39, 0.29) is 0 Å². The number of fused-ring (bicyclic) bond motifs is 2. The first-order valence-corrected chi connectivity index (χ1v) is 16.2. The van der Waals surface area contributed by atoms with E-state index >= 15 is 0 Å². The number of rotatable bonds is 8. The topological polar surface area (TPSA) is 34.6 Å². The van der Waals surface area contributed by atoms with Crippen molar-refractivity contribution in [2.75, 3.05) is 0 Å². The molecule has 6 heterocycles. The minimum Gasteiger partial charge on any atom is -0.322 e. The van der Waals surface area contributed by atoms with Crippen LogP contribution < -0.4 is 10.7 Å². The second-order valence-electron chi connectivity index (χ2n) is 11.5. The molecule has 2 aromatic rings. The predicted molar refractivity (Wildman–Crippen MR) is 176 cm³/mol. The van der Waals surface area contributed by atoms with Crippen molar-refractivity contribution in [2.24, 2.45) is 9.98 Å². The zero-order valence-corrected chi connectivity index (χ0v) is 26.5. The van der Waals surface area contributed by atoms with Crippen LogP contribution in [0.3, 0.4) is 0 Å². The molecule has 4 heteroatoms. The standard InChI is InChI=1S/C37H46N4/c1-9-22-23(10-2)31-18-35-28(15-7)29(16-8)37-20-33-25(12-4)24(11-3)32(39-33)19-36-27(14-6)26(13-5)34(17-30(22)38-31)40(36)21-41(35)37/h17-20H,9-16,21H2,1-8H3. The van der Waals surface area contributed by atoms with Crippen molar-refractivity contribution in [2.45, 2.75) is 113 Å². The van der Waals surface area contributed by atoms with E-state index < -0.39 is 0 Å². The monoisotopic (exact) mass is 546 g/mol. The molecule has 0 amide bonds. The zero-order chi connectivity index (χ0) is 29.0. The van der Waals surface area contributed by atoms with E-state index in [1.54, 1.807) is 0 Å². The lowest BCUT2D eigenvalue weighted by molar-refractivity contribution is 0.577. The highest BCUT2D eigenvalue weighted by Gasteiger charge is 2.29. The number of hydrogen-bond donors (Lipinski definition) is 0. The Morgan fingerprint density at radius 1 is 0.463 bits per heavy atom. The third-order valence-corrected chi connectivity index (χ3v) is 9.78. The van der Waals surface area contributed by atoms with E-state index in [0.29, 0.717) is 0 Å². The molecular weight excluding hydrogens is 500 g/mol. The summed E-state index contributed by atoms with van der Waals surface area (Å²) in [5.74, 6) is 0. The second kappa shape index (κ2) is 10.8. The third kappa shape index (κ3) is 4.00. The van der Waals surface area contributed by atoms with Gasteiger partial charge in [0.15, 0.2) is 0 Å². The molecular formula is C37H46N4. The Hall–Kier alpha value is -3.40. The first kappa shape index (κ1) is 27.8. The Labute approximate surface area is 246 Å². The summed E-state index contributed by atoms with van der Waals surface area (Å²) < 4.78 is 5.20. The summed E-state index contributed by atoms with van der Waals surface area (Å²) in [5.41, 5.74) is 18.7. The Morgan fingerprint density at radius 2 is 0.854 bits per heavy atom. The molecule has 0 spiro atoms. The molecule has 4 aliphatic heterocycles. The van der Waals surface area contributed by atoms with Crippen LogP contribution in [0.5, 0.6) is 0 Å².